The number of sulfonamides is 1. The maximum Gasteiger partial charge on any atom is 0.216 e. The van der Waals surface area contributed by atoms with Gasteiger partial charge in [-0.1, -0.05) is 25.7 Å². The summed E-state index contributed by atoms with van der Waals surface area (Å²) in [7, 11) is -3.21. The summed E-state index contributed by atoms with van der Waals surface area (Å²) in [5.41, 5.74) is 0. The molecule has 2 fully saturated rings. The molecular weight excluding hydrogens is 276 g/mol. The highest BCUT2D eigenvalue weighted by molar-refractivity contribution is 7.90. The Labute approximate surface area is 122 Å². The van der Waals surface area contributed by atoms with Gasteiger partial charge in [-0.15, -0.1) is 0 Å². The van der Waals surface area contributed by atoms with E-state index in [0.717, 1.165) is 13.0 Å². The molecule has 20 heavy (non-hydrogen) atoms. The molecule has 118 valence electrons. The molecule has 0 aromatic carbocycles. The summed E-state index contributed by atoms with van der Waals surface area (Å²) >= 11 is 0. The van der Waals surface area contributed by atoms with Gasteiger partial charge >= 0.3 is 0 Å². The zero-order valence-electron chi connectivity index (χ0n) is 12.3. The van der Waals surface area contributed by atoms with E-state index in [0.29, 0.717) is 32.2 Å². The molecule has 0 bridgehead atoms. The zero-order chi connectivity index (χ0) is 14.3. The Balaban J connectivity index is 1.64. The molecule has 1 aliphatic heterocycles. The van der Waals surface area contributed by atoms with E-state index in [1.807, 2.05) is 0 Å². The monoisotopic (exact) mass is 304 g/mol. The third-order valence-corrected chi connectivity index (χ3v) is 6.13. The van der Waals surface area contributed by atoms with Crippen molar-refractivity contribution in [3.63, 3.8) is 0 Å². The van der Waals surface area contributed by atoms with Crippen molar-refractivity contribution >= 4 is 10.0 Å². The van der Waals surface area contributed by atoms with E-state index < -0.39 is 10.0 Å². The van der Waals surface area contributed by atoms with Crippen LogP contribution in [-0.2, 0) is 14.8 Å². The van der Waals surface area contributed by atoms with Crippen LogP contribution in [0.1, 0.15) is 51.4 Å². The Morgan fingerprint density at radius 2 is 1.70 bits per heavy atom. The second-order valence-electron chi connectivity index (χ2n) is 5.92. The Morgan fingerprint density at radius 1 is 0.950 bits per heavy atom. The van der Waals surface area contributed by atoms with E-state index in [2.05, 4.69) is 10.0 Å². The first-order valence-electron chi connectivity index (χ1n) is 7.98. The lowest BCUT2D eigenvalue weighted by molar-refractivity contribution is 0.0988. The summed E-state index contributed by atoms with van der Waals surface area (Å²) < 4.78 is 32.1. The van der Waals surface area contributed by atoms with Crippen LogP contribution in [0, 0.1) is 0 Å². The van der Waals surface area contributed by atoms with Crippen LogP contribution in [0.4, 0.5) is 0 Å². The predicted octanol–water partition coefficient (Wildman–Crippen LogP) is 1.40. The SMILES string of the molecule is O=S(=O)(NCCNC1CCCCCC1)C1CCCOC1. The van der Waals surface area contributed by atoms with E-state index >= 15 is 0 Å². The predicted molar refractivity (Wildman–Crippen MR) is 80.3 cm³/mol. The molecule has 2 aliphatic rings. The van der Waals surface area contributed by atoms with E-state index in [9.17, 15) is 8.42 Å². The van der Waals surface area contributed by atoms with Gasteiger partial charge in [-0.2, -0.15) is 0 Å². The van der Waals surface area contributed by atoms with Crippen molar-refractivity contribution in [2.45, 2.75) is 62.7 Å². The highest BCUT2D eigenvalue weighted by Gasteiger charge is 2.27. The van der Waals surface area contributed by atoms with Crippen molar-refractivity contribution in [2.75, 3.05) is 26.3 Å². The zero-order valence-corrected chi connectivity index (χ0v) is 13.1. The molecule has 0 radical (unpaired) electrons. The summed E-state index contributed by atoms with van der Waals surface area (Å²) in [6.07, 6.45) is 9.27. The van der Waals surface area contributed by atoms with Crippen molar-refractivity contribution in [2.24, 2.45) is 0 Å². The third kappa shape index (κ3) is 5.31. The molecule has 2 rings (SSSR count). The molecule has 1 atom stereocenters. The molecule has 0 amide bonds. The minimum atomic E-state index is -3.21. The van der Waals surface area contributed by atoms with Gasteiger partial charge in [0.15, 0.2) is 0 Å². The summed E-state index contributed by atoms with van der Waals surface area (Å²) in [5, 5.41) is 3.11. The first-order valence-corrected chi connectivity index (χ1v) is 9.53. The molecule has 0 aromatic heterocycles. The lowest BCUT2D eigenvalue weighted by atomic mass is 10.1. The highest BCUT2D eigenvalue weighted by Crippen LogP contribution is 2.17. The molecule has 1 saturated heterocycles. The number of ether oxygens (including phenoxy) is 1. The van der Waals surface area contributed by atoms with Crippen LogP contribution >= 0.6 is 0 Å². The first kappa shape index (κ1) is 16.2. The van der Waals surface area contributed by atoms with E-state index in [1.165, 1.54) is 38.5 Å². The molecule has 0 spiro atoms. The topological polar surface area (TPSA) is 67.4 Å². The number of hydrogen-bond donors (Lipinski definition) is 2. The van der Waals surface area contributed by atoms with E-state index in [-0.39, 0.29) is 5.25 Å². The Bertz CT molecular complexity index is 359. The summed E-state index contributed by atoms with van der Waals surface area (Å²) in [4.78, 5) is 0. The average molecular weight is 304 g/mol. The van der Waals surface area contributed by atoms with Crippen LogP contribution in [-0.4, -0.2) is 46.0 Å². The number of nitrogens with one attached hydrogen (secondary N) is 2. The van der Waals surface area contributed by atoms with Gasteiger partial charge in [-0.3, -0.25) is 0 Å². The minimum Gasteiger partial charge on any atom is -0.380 e. The molecule has 1 heterocycles. The second-order valence-corrected chi connectivity index (χ2v) is 7.97. The third-order valence-electron chi connectivity index (χ3n) is 4.27. The van der Waals surface area contributed by atoms with Crippen LogP contribution in [0.5, 0.6) is 0 Å². The van der Waals surface area contributed by atoms with Gasteiger partial charge in [0.2, 0.25) is 10.0 Å². The lowest BCUT2D eigenvalue weighted by Gasteiger charge is -2.23. The van der Waals surface area contributed by atoms with Crippen LogP contribution in [0.2, 0.25) is 0 Å². The van der Waals surface area contributed by atoms with Crippen molar-refractivity contribution in [3.8, 4) is 0 Å². The fourth-order valence-corrected chi connectivity index (χ4v) is 4.40. The van der Waals surface area contributed by atoms with Crippen LogP contribution in [0.3, 0.4) is 0 Å². The van der Waals surface area contributed by atoms with Gasteiger partial charge < -0.3 is 10.1 Å². The Hall–Kier alpha value is -0.170. The lowest BCUT2D eigenvalue weighted by Crippen LogP contribution is -2.43. The van der Waals surface area contributed by atoms with Crippen molar-refractivity contribution in [1.82, 2.24) is 10.0 Å². The van der Waals surface area contributed by atoms with Gasteiger partial charge in [0.25, 0.3) is 0 Å². The molecule has 6 heteroatoms. The van der Waals surface area contributed by atoms with Gasteiger partial charge in [-0.05, 0) is 25.7 Å². The van der Waals surface area contributed by atoms with E-state index in [1.54, 1.807) is 0 Å². The van der Waals surface area contributed by atoms with Crippen molar-refractivity contribution in [3.05, 3.63) is 0 Å². The number of hydrogen-bond acceptors (Lipinski definition) is 4. The smallest absolute Gasteiger partial charge is 0.216 e. The van der Waals surface area contributed by atoms with Gasteiger partial charge in [-0.25, -0.2) is 13.1 Å². The fourth-order valence-electron chi connectivity index (χ4n) is 3.03. The second kappa shape index (κ2) is 8.32. The van der Waals surface area contributed by atoms with Crippen LogP contribution in [0.25, 0.3) is 0 Å². The highest BCUT2D eigenvalue weighted by atomic mass is 32.2. The fraction of sp³-hybridized carbons (Fsp3) is 1.00. The normalized spacial score (nSPS) is 26.3. The molecule has 1 aliphatic carbocycles. The van der Waals surface area contributed by atoms with Gasteiger partial charge in [0.1, 0.15) is 0 Å². The summed E-state index contributed by atoms with van der Waals surface area (Å²) in [5.74, 6) is 0. The van der Waals surface area contributed by atoms with Gasteiger partial charge in [0.05, 0.1) is 11.9 Å². The van der Waals surface area contributed by atoms with E-state index in [4.69, 9.17) is 4.74 Å². The first-order chi connectivity index (χ1) is 9.68. The summed E-state index contributed by atoms with van der Waals surface area (Å²) in [6, 6.07) is 0.569. The standard InChI is InChI=1S/C14H28N2O3S/c17-20(18,14-8-5-11-19-12-14)16-10-9-15-13-6-3-1-2-4-7-13/h13-16H,1-12H2. The quantitative estimate of drug-likeness (QED) is 0.575. The average Bonchev–Trinajstić information content (AvgIpc) is 2.73. The molecule has 1 unspecified atom stereocenters. The minimum absolute atomic E-state index is 0.339. The molecule has 0 aromatic rings. The number of rotatable bonds is 6. The van der Waals surface area contributed by atoms with Crippen molar-refractivity contribution < 1.29 is 13.2 Å². The molecular formula is C14H28N2O3S. The maximum absolute atomic E-state index is 12.1. The van der Waals surface area contributed by atoms with Gasteiger partial charge in [0, 0.05) is 25.7 Å². The Morgan fingerprint density at radius 3 is 2.35 bits per heavy atom. The molecule has 2 N–H and O–H groups in total. The van der Waals surface area contributed by atoms with Crippen LogP contribution < -0.4 is 10.0 Å². The molecule has 1 saturated carbocycles. The maximum atomic E-state index is 12.1. The summed E-state index contributed by atoms with van der Waals surface area (Å²) in [6.45, 7) is 2.23. The Kier molecular flexibility index (Phi) is 6.74. The van der Waals surface area contributed by atoms with Crippen molar-refractivity contribution in [1.29, 1.82) is 0 Å². The molecule has 5 nitrogen and oxygen atoms in total. The van der Waals surface area contributed by atoms with Crippen LogP contribution in [0.15, 0.2) is 0 Å². The largest absolute Gasteiger partial charge is 0.380 e.